The number of hydrogen-bond acceptors (Lipinski definition) is 2. The summed E-state index contributed by atoms with van der Waals surface area (Å²) >= 11 is 3.39. The van der Waals surface area contributed by atoms with Crippen molar-refractivity contribution in [2.75, 3.05) is 5.32 Å². The van der Waals surface area contributed by atoms with Crippen molar-refractivity contribution in [3.8, 4) is 0 Å². The van der Waals surface area contributed by atoms with Crippen molar-refractivity contribution < 1.29 is 0 Å². The zero-order valence-electron chi connectivity index (χ0n) is 11.1. The number of hydrogen-bond donors (Lipinski definition) is 1. The first-order chi connectivity index (χ1) is 8.49. The standard InChI is InChI=1S/C15H17BrN2/c1-9-7-10(2)12(4)15(11(9)3)18-14-6-5-13(16)8-17-14/h5-8H,1-4H3,(H,17,18). The third-order valence-corrected chi connectivity index (χ3v) is 3.82. The Balaban J connectivity index is 2.42. The maximum atomic E-state index is 4.36. The van der Waals surface area contributed by atoms with E-state index >= 15 is 0 Å². The van der Waals surface area contributed by atoms with E-state index in [0.29, 0.717) is 0 Å². The van der Waals surface area contributed by atoms with Crippen molar-refractivity contribution >= 4 is 27.4 Å². The molecule has 0 spiro atoms. The van der Waals surface area contributed by atoms with E-state index in [0.717, 1.165) is 10.3 Å². The Morgan fingerprint density at radius 3 is 2.11 bits per heavy atom. The van der Waals surface area contributed by atoms with Crippen LogP contribution in [0.15, 0.2) is 28.9 Å². The molecule has 94 valence electrons. The molecule has 0 bridgehead atoms. The molecule has 0 fully saturated rings. The monoisotopic (exact) mass is 304 g/mol. The van der Waals surface area contributed by atoms with Gasteiger partial charge in [-0.2, -0.15) is 0 Å². The Morgan fingerprint density at radius 1 is 1.00 bits per heavy atom. The lowest BCUT2D eigenvalue weighted by molar-refractivity contribution is 1.22. The third-order valence-electron chi connectivity index (χ3n) is 3.35. The van der Waals surface area contributed by atoms with Crippen LogP contribution in [0.3, 0.4) is 0 Å². The van der Waals surface area contributed by atoms with Gasteiger partial charge in [-0.3, -0.25) is 0 Å². The van der Waals surface area contributed by atoms with E-state index in [4.69, 9.17) is 0 Å². The zero-order chi connectivity index (χ0) is 13.3. The lowest BCUT2D eigenvalue weighted by atomic mass is 9.99. The first kappa shape index (κ1) is 13.1. The van der Waals surface area contributed by atoms with E-state index in [-0.39, 0.29) is 0 Å². The third kappa shape index (κ3) is 2.56. The van der Waals surface area contributed by atoms with Crippen LogP contribution in [0.2, 0.25) is 0 Å². The molecule has 0 aliphatic rings. The summed E-state index contributed by atoms with van der Waals surface area (Å²) in [5.41, 5.74) is 6.34. The molecule has 0 saturated heterocycles. The summed E-state index contributed by atoms with van der Waals surface area (Å²) in [5, 5.41) is 3.42. The second-order valence-corrected chi connectivity index (χ2v) is 5.54. The fourth-order valence-corrected chi connectivity index (χ4v) is 2.22. The number of aromatic nitrogens is 1. The average Bonchev–Trinajstić information content (AvgIpc) is 2.34. The first-order valence-electron chi connectivity index (χ1n) is 5.95. The molecule has 2 aromatic rings. The van der Waals surface area contributed by atoms with Crippen LogP contribution in [-0.4, -0.2) is 4.98 Å². The van der Waals surface area contributed by atoms with Gasteiger partial charge in [0.1, 0.15) is 5.82 Å². The summed E-state index contributed by atoms with van der Waals surface area (Å²) in [6, 6.07) is 6.19. The summed E-state index contributed by atoms with van der Waals surface area (Å²) in [4.78, 5) is 4.36. The van der Waals surface area contributed by atoms with Crippen molar-refractivity contribution in [2.45, 2.75) is 27.7 Å². The highest BCUT2D eigenvalue weighted by atomic mass is 79.9. The van der Waals surface area contributed by atoms with Gasteiger partial charge >= 0.3 is 0 Å². The first-order valence-corrected chi connectivity index (χ1v) is 6.74. The maximum Gasteiger partial charge on any atom is 0.130 e. The zero-order valence-corrected chi connectivity index (χ0v) is 12.7. The molecule has 1 aromatic heterocycles. The molecule has 0 radical (unpaired) electrons. The fourth-order valence-electron chi connectivity index (χ4n) is 1.98. The van der Waals surface area contributed by atoms with Crippen LogP contribution in [0, 0.1) is 27.7 Å². The largest absolute Gasteiger partial charge is 0.340 e. The molecule has 2 nitrogen and oxygen atoms in total. The van der Waals surface area contributed by atoms with Gasteiger partial charge in [-0.05, 0) is 78.0 Å². The maximum absolute atomic E-state index is 4.36. The summed E-state index contributed by atoms with van der Waals surface area (Å²) in [5.74, 6) is 0.870. The van der Waals surface area contributed by atoms with E-state index in [1.165, 1.54) is 27.9 Å². The number of benzene rings is 1. The van der Waals surface area contributed by atoms with Crippen LogP contribution in [0.5, 0.6) is 0 Å². The molecular formula is C15H17BrN2. The molecule has 3 heteroatoms. The lowest BCUT2D eigenvalue weighted by Crippen LogP contribution is -2.01. The molecule has 1 aromatic carbocycles. The molecule has 0 aliphatic carbocycles. The van der Waals surface area contributed by atoms with Gasteiger partial charge in [-0.25, -0.2) is 4.98 Å². The summed E-state index contributed by atoms with van der Waals surface area (Å²) in [6.07, 6.45) is 1.80. The lowest BCUT2D eigenvalue weighted by Gasteiger charge is -2.16. The summed E-state index contributed by atoms with van der Waals surface area (Å²) < 4.78 is 0.988. The Labute approximate surface area is 117 Å². The number of pyridine rings is 1. The SMILES string of the molecule is Cc1cc(C)c(C)c(Nc2ccc(Br)cn2)c1C. The van der Waals surface area contributed by atoms with Gasteiger partial charge in [-0.15, -0.1) is 0 Å². The highest BCUT2D eigenvalue weighted by molar-refractivity contribution is 9.10. The normalized spacial score (nSPS) is 10.5. The number of aryl methyl sites for hydroxylation is 2. The van der Waals surface area contributed by atoms with Crippen LogP contribution in [0.25, 0.3) is 0 Å². The Bertz CT molecular complexity index is 548. The molecule has 0 amide bonds. The van der Waals surface area contributed by atoms with Crippen molar-refractivity contribution in [3.63, 3.8) is 0 Å². The minimum Gasteiger partial charge on any atom is -0.340 e. The number of nitrogens with one attached hydrogen (secondary N) is 1. The van der Waals surface area contributed by atoms with E-state index in [9.17, 15) is 0 Å². The Hall–Kier alpha value is -1.35. The van der Waals surface area contributed by atoms with Crippen LogP contribution >= 0.6 is 15.9 Å². The van der Waals surface area contributed by atoms with Gasteiger partial charge in [0.15, 0.2) is 0 Å². The fraction of sp³-hybridized carbons (Fsp3) is 0.267. The minimum absolute atomic E-state index is 0.870. The second kappa shape index (κ2) is 5.11. The number of nitrogens with zero attached hydrogens (tertiary/aromatic N) is 1. The number of halogens is 1. The molecule has 0 atom stereocenters. The van der Waals surface area contributed by atoms with Gasteiger partial charge in [0.25, 0.3) is 0 Å². The molecule has 2 rings (SSSR count). The number of anilines is 2. The predicted octanol–water partition coefficient (Wildman–Crippen LogP) is 4.82. The molecule has 0 aliphatic heterocycles. The predicted molar refractivity (Wildman–Crippen MR) is 80.6 cm³/mol. The van der Waals surface area contributed by atoms with Crippen molar-refractivity contribution in [2.24, 2.45) is 0 Å². The van der Waals surface area contributed by atoms with Gasteiger partial charge in [0, 0.05) is 16.4 Å². The van der Waals surface area contributed by atoms with Crippen molar-refractivity contribution in [3.05, 3.63) is 51.1 Å². The van der Waals surface area contributed by atoms with Crippen LogP contribution in [-0.2, 0) is 0 Å². The van der Waals surface area contributed by atoms with Gasteiger partial charge in [0.2, 0.25) is 0 Å². The average molecular weight is 305 g/mol. The topological polar surface area (TPSA) is 24.9 Å². The van der Waals surface area contributed by atoms with Crippen LogP contribution in [0.1, 0.15) is 22.3 Å². The molecular weight excluding hydrogens is 288 g/mol. The Kier molecular flexibility index (Phi) is 3.71. The second-order valence-electron chi connectivity index (χ2n) is 4.62. The molecule has 0 saturated carbocycles. The van der Waals surface area contributed by atoms with Gasteiger partial charge in [0.05, 0.1) is 0 Å². The van der Waals surface area contributed by atoms with E-state index in [2.05, 4.69) is 60.0 Å². The molecule has 1 heterocycles. The Morgan fingerprint density at radius 2 is 1.61 bits per heavy atom. The highest BCUT2D eigenvalue weighted by Gasteiger charge is 2.08. The summed E-state index contributed by atoms with van der Waals surface area (Å²) in [6.45, 7) is 8.57. The molecule has 1 N–H and O–H groups in total. The van der Waals surface area contributed by atoms with Gasteiger partial charge in [-0.1, -0.05) is 6.07 Å². The highest BCUT2D eigenvalue weighted by Crippen LogP contribution is 2.29. The smallest absolute Gasteiger partial charge is 0.130 e. The van der Waals surface area contributed by atoms with Crippen molar-refractivity contribution in [1.82, 2.24) is 4.98 Å². The van der Waals surface area contributed by atoms with E-state index < -0.39 is 0 Å². The van der Waals surface area contributed by atoms with Crippen molar-refractivity contribution in [1.29, 1.82) is 0 Å². The number of rotatable bonds is 2. The minimum atomic E-state index is 0.870. The quantitative estimate of drug-likeness (QED) is 0.860. The van der Waals surface area contributed by atoms with E-state index in [1.807, 2.05) is 12.1 Å². The summed E-state index contributed by atoms with van der Waals surface area (Å²) in [7, 11) is 0. The molecule has 18 heavy (non-hydrogen) atoms. The van der Waals surface area contributed by atoms with Crippen LogP contribution < -0.4 is 5.32 Å². The molecule has 0 unspecified atom stereocenters. The van der Waals surface area contributed by atoms with Crippen LogP contribution in [0.4, 0.5) is 11.5 Å². The van der Waals surface area contributed by atoms with E-state index in [1.54, 1.807) is 6.20 Å². The van der Waals surface area contributed by atoms with Gasteiger partial charge < -0.3 is 5.32 Å².